The largest absolute Gasteiger partial charge is 0.412 e. The van der Waals surface area contributed by atoms with E-state index in [1.165, 1.54) is 0 Å². The van der Waals surface area contributed by atoms with Crippen LogP contribution in [-0.4, -0.2) is 66.0 Å². The van der Waals surface area contributed by atoms with Gasteiger partial charge in [-0.3, -0.25) is 14.5 Å². The van der Waals surface area contributed by atoms with Gasteiger partial charge in [-0.05, 0) is 19.8 Å². The molecule has 1 spiro atoms. The summed E-state index contributed by atoms with van der Waals surface area (Å²) < 4.78 is 0. The Morgan fingerprint density at radius 1 is 1.43 bits per heavy atom. The van der Waals surface area contributed by atoms with Crippen molar-refractivity contribution in [3.05, 3.63) is 6.61 Å². The minimum Gasteiger partial charge on any atom is -0.412 e. The molecule has 3 aliphatic rings. The van der Waals surface area contributed by atoms with Crippen molar-refractivity contribution in [3.63, 3.8) is 0 Å². The molecule has 0 aromatic carbocycles. The van der Waals surface area contributed by atoms with Crippen molar-refractivity contribution in [2.24, 2.45) is 0 Å². The molecule has 8 heteroatoms. The van der Waals surface area contributed by atoms with E-state index in [-0.39, 0.29) is 62.7 Å². The molecule has 3 aliphatic heterocycles. The third-order valence-electron chi connectivity index (χ3n) is 4.28. The molecule has 0 bridgehead atoms. The number of carbonyl (C=O) groups excluding carboxylic acids is 2. The van der Waals surface area contributed by atoms with Crippen LogP contribution in [-0.2, 0) is 52.1 Å². The van der Waals surface area contributed by atoms with E-state index in [1.807, 2.05) is 6.92 Å². The summed E-state index contributed by atoms with van der Waals surface area (Å²) >= 11 is 0. The molecule has 3 rings (SSSR count). The van der Waals surface area contributed by atoms with Gasteiger partial charge in [0.1, 0.15) is 0 Å². The van der Waals surface area contributed by atoms with Crippen LogP contribution in [0, 0.1) is 6.61 Å². The molecule has 1 N–H and O–H groups in total. The van der Waals surface area contributed by atoms with Gasteiger partial charge in [-0.1, -0.05) is 0 Å². The summed E-state index contributed by atoms with van der Waals surface area (Å²) in [5.74, 6) is 0.0182. The minimum atomic E-state index is -0.282. The van der Waals surface area contributed by atoms with Crippen molar-refractivity contribution in [3.8, 4) is 0 Å². The van der Waals surface area contributed by atoms with E-state index < -0.39 is 0 Å². The molecular formula is C13H20N3O4Y-. The molecule has 0 aliphatic carbocycles. The standard InChI is InChI=1S/C13H20N3O4.Y/c1-10-12(18)16(7-4-14-10)8-11(17)15-5-2-13(3-6-15)9-19-20-13;/h9-10,14H,2-8H2,1H3;/q-1;. The van der Waals surface area contributed by atoms with E-state index in [4.69, 9.17) is 4.89 Å². The van der Waals surface area contributed by atoms with Crippen LogP contribution in [0.5, 0.6) is 0 Å². The molecule has 1 unspecified atom stereocenters. The zero-order valence-corrected chi connectivity index (χ0v) is 15.0. The molecule has 3 saturated heterocycles. The second-order valence-electron chi connectivity index (χ2n) is 5.68. The molecule has 0 aromatic rings. The van der Waals surface area contributed by atoms with Gasteiger partial charge in [0.2, 0.25) is 11.8 Å². The molecule has 115 valence electrons. The first kappa shape index (κ1) is 17.3. The van der Waals surface area contributed by atoms with Crippen LogP contribution >= 0.6 is 0 Å². The first-order valence-electron chi connectivity index (χ1n) is 7.08. The Hall–Kier alpha value is -0.0761. The Labute approximate surface area is 149 Å². The number of nitrogens with one attached hydrogen (secondary N) is 1. The van der Waals surface area contributed by atoms with Gasteiger partial charge in [0.05, 0.1) is 12.6 Å². The Balaban J connectivity index is 0.00000161. The van der Waals surface area contributed by atoms with Gasteiger partial charge in [-0.25, -0.2) is 0 Å². The molecular weight excluding hydrogens is 351 g/mol. The van der Waals surface area contributed by atoms with E-state index in [1.54, 1.807) is 16.4 Å². The maximum Gasteiger partial charge on any atom is 0.242 e. The SMILES string of the molecule is CC1NCCN(CC(=O)N2CCC3([CH-]OO3)CC2)C1=O.[Y]. The normalized spacial score (nSPS) is 28.0. The quantitative estimate of drug-likeness (QED) is 0.513. The second kappa shape index (κ2) is 7.00. The molecule has 1 atom stereocenters. The fourth-order valence-electron chi connectivity index (χ4n) is 2.83. The maximum atomic E-state index is 12.3. The summed E-state index contributed by atoms with van der Waals surface area (Å²) in [7, 11) is 0. The number of carbonyl (C=O) groups is 2. The summed E-state index contributed by atoms with van der Waals surface area (Å²) in [5.41, 5.74) is -0.282. The average molecular weight is 371 g/mol. The molecule has 2 amide bonds. The van der Waals surface area contributed by atoms with Crippen molar-refractivity contribution < 1.29 is 52.1 Å². The van der Waals surface area contributed by atoms with Crippen molar-refractivity contribution in [1.82, 2.24) is 15.1 Å². The van der Waals surface area contributed by atoms with Gasteiger partial charge in [0, 0.05) is 64.5 Å². The predicted molar refractivity (Wildman–Crippen MR) is 69.1 cm³/mol. The van der Waals surface area contributed by atoms with Crippen molar-refractivity contribution in [2.45, 2.75) is 31.4 Å². The van der Waals surface area contributed by atoms with Gasteiger partial charge in [-0.2, -0.15) is 0 Å². The summed E-state index contributed by atoms with van der Waals surface area (Å²) in [4.78, 5) is 37.4. The number of amides is 2. The van der Waals surface area contributed by atoms with E-state index in [0.29, 0.717) is 19.6 Å². The van der Waals surface area contributed by atoms with Crippen molar-refractivity contribution in [2.75, 3.05) is 32.7 Å². The van der Waals surface area contributed by atoms with E-state index in [9.17, 15) is 9.59 Å². The predicted octanol–water partition coefficient (Wildman–Crippen LogP) is -0.711. The van der Waals surface area contributed by atoms with E-state index in [0.717, 1.165) is 19.4 Å². The van der Waals surface area contributed by atoms with E-state index in [2.05, 4.69) is 10.2 Å². The Morgan fingerprint density at radius 3 is 2.67 bits per heavy atom. The number of piperazine rings is 1. The van der Waals surface area contributed by atoms with Crippen LogP contribution in [0.1, 0.15) is 19.8 Å². The zero-order chi connectivity index (χ0) is 14.2. The van der Waals surface area contributed by atoms with Crippen LogP contribution in [0.2, 0.25) is 0 Å². The second-order valence-corrected chi connectivity index (χ2v) is 5.68. The number of piperidine rings is 1. The summed E-state index contributed by atoms with van der Waals surface area (Å²) in [6, 6.07) is -0.198. The molecule has 3 heterocycles. The number of hydrogen-bond donors (Lipinski definition) is 1. The summed E-state index contributed by atoms with van der Waals surface area (Å²) in [5, 5.41) is 3.09. The first-order valence-corrected chi connectivity index (χ1v) is 7.08. The zero-order valence-electron chi connectivity index (χ0n) is 12.2. The first-order chi connectivity index (χ1) is 9.60. The van der Waals surface area contributed by atoms with Crippen LogP contribution < -0.4 is 5.32 Å². The van der Waals surface area contributed by atoms with Gasteiger partial charge < -0.3 is 20.0 Å². The minimum absolute atomic E-state index is 0. The smallest absolute Gasteiger partial charge is 0.242 e. The van der Waals surface area contributed by atoms with Crippen molar-refractivity contribution >= 4 is 11.8 Å². The maximum absolute atomic E-state index is 12.3. The van der Waals surface area contributed by atoms with E-state index >= 15 is 0 Å². The van der Waals surface area contributed by atoms with Gasteiger partial charge in [0.15, 0.2) is 0 Å². The Morgan fingerprint density at radius 2 is 2.10 bits per heavy atom. The monoisotopic (exact) mass is 371 g/mol. The fraction of sp³-hybridized carbons (Fsp3) is 0.769. The van der Waals surface area contributed by atoms with Crippen LogP contribution in [0.4, 0.5) is 0 Å². The molecule has 1 radical (unpaired) electrons. The van der Waals surface area contributed by atoms with Gasteiger partial charge in [-0.15, -0.1) is 6.61 Å². The molecule has 0 aromatic heterocycles. The number of likely N-dealkylation sites (tertiary alicyclic amines) is 1. The van der Waals surface area contributed by atoms with Crippen LogP contribution in [0.3, 0.4) is 0 Å². The summed E-state index contributed by atoms with van der Waals surface area (Å²) in [6.07, 6.45) is 1.51. The fourth-order valence-corrected chi connectivity index (χ4v) is 2.83. The molecule has 7 nitrogen and oxygen atoms in total. The third kappa shape index (κ3) is 3.64. The molecule has 3 fully saturated rings. The Bertz CT molecular complexity index is 406. The molecule has 0 saturated carbocycles. The number of hydrogen-bond acceptors (Lipinski definition) is 5. The van der Waals surface area contributed by atoms with Crippen molar-refractivity contribution in [1.29, 1.82) is 0 Å². The number of nitrogens with zero attached hydrogens (tertiary/aromatic N) is 2. The van der Waals surface area contributed by atoms with Crippen LogP contribution in [0.15, 0.2) is 0 Å². The van der Waals surface area contributed by atoms with Gasteiger partial charge >= 0.3 is 0 Å². The van der Waals surface area contributed by atoms with Crippen LogP contribution in [0.25, 0.3) is 0 Å². The number of rotatable bonds is 2. The average Bonchev–Trinajstić information content (AvgIpc) is 2.42. The van der Waals surface area contributed by atoms with Gasteiger partial charge in [0.25, 0.3) is 0 Å². The summed E-state index contributed by atoms with van der Waals surface area (Å²) in [6.45, 7) is 6.34. The molecule has 21 heavy (non-hydrogen) atoms. The third-order valence-corrected chi connectivity index (χ3v) is 4.28. The Kier molecular flexibility index (Phi) is 5.76. The topological polar surface area (TPSA) is 71.1 Å².